The molecular formula is C17H20N2O2S. The number of hydrogen-bond donors (Lipinski definition) is 1. The molecule has 2 heterocycles. The topological polar surface area (TPSA) is 53.4 Å². The zero-order chi connectivity index (χ0) is 15.5. The van der Waals surface area contributed by atoms with Crippen LogP contribution in [0, 0.1) is 12.8 Å². The molecule has 116 valence electrons. The molecule has 0 spiro atoms. The van der Waals surface area contributed by atoms with Crippen LogP contribution in [0.4, 0.5) is 0 Å². The van der Waals surface area contributed by atoms with Crippen molar-refractivity contribution < 1.29 is 9.90 Å². The maximum Gasteiger partial charge on any atom is 0.306 e. The van der Waals surface area contributed by atoms with Gasteiger partial charge in [-0.3, -0.25) is 9.69 Å². The van der Waals surface area contributed by atoms with E-state index >= 15 is 0 Å². The molecule has 0 unspecified atom stereocenters. The summed E-state index contributed by atoms with van der Waals surface area (Å²) in [5, 5.41) is 12.2. The minimum absolute atomic E-state index is 0.171. The second kappa shape index (κ2) is 6.58. The maximum atomic E-state index is 11.0. The van der Waals surface area contributed by atoms with Crippen molar-refractivity contribution in [1.29, 1.82) is 0 Å². The fourth-order valence-electron chi connectivity index (χ4n) is 2.78. The quantitative estimate of drug-likeness (QED) is 0.939. The van der Waals surface area contributed by atoms with Gasteiger partial charge >= 0.3 is 5.97 Å². The fraction of sp³-hybridized carbons (Fsp3) is 0.412. The first-order valence-electron chi connectivity index (χ1n) is 7.58. The Balaban J connectivity index is 1.60. The lowest BCUT2D eigenvalue weighted by Crippen LogP contribution is -2.35. The fourth-order valence-corrected chi connectivity index (χ4v) is 3.59. The third-order valence-corrected chi connectivity index (χ3v) is 5.11. The van der Waals surface area contributed by atoms with Crippen molar-refractivity contribution in [1.82, 2.24) is 9.88 Å². The molecule has 22 heavy (non-hydrogen) atoms. The number of carbonyl (C=O) groups is 1. The van der Waals surface area contributed by atoms with Gasteiger partial charge in [0.05, 0.1) is 11.6 Å². The Morgan fingerprint density at radius 3 is 2.64 bits per heavy atom. The highest BCUT2D eigenvalue weighted by molar-refractivity contribution is 7.13. The second-order valence-corrected chi connectivity index (χ2v) is 6.76. The summed E-state index contributed by atoms with van der Waals surface area (Å²) in [5.41, 5.74) is 3.49. The normalized spacial score (nSPS) is 16.8. The molecule has 1 aromatic carbocycles. The van der Waals surface area contributed by atoms with E-state index in [0.29, 0.717) is 0 Å². The van der Waals surface area contributed by atoms with Crippen LogP contribution >= 0.6 is 11.3 Å². The predicted octanol–water partition coefficient (Wildman–Crippen LogP) is 3.42. The minimum atomic E-state index is -0.657. The summed E-state index contributed by atoms with van der Waals surface area (Å²) in [5.74, 6) is -0.829. The number of likely N-dealkylation sites (tertiary alicyclic amines) is 1. The molecular weight excluding hydrogens is 296 g/mol. The van der Waals surface area contributed by atoms with E-state index in [1.165, 1.54) is 5.56 Å². The van der Waals surface area contributed by atoms with E-state index in [2.05, 4.69) is 41.5 Å². The lowest BCUT2D eigenvalue weighted by molar-refractivity contribution is -0.143. The van der Waals surface area contributed by atoms with E-state index in [1.807, 2.05) is 0 Å². The standard InChI is InChI=1S/C17H20N2O2S/c1-12-2-4-13(5-3-12)16-18-15(11-22-16)10-19-8-6-14(7-9-19)17(20)21/h2-5,11,14H,6-10H2,1H3,(H,20,21). The number of aryl methyl sites for hydroxylation is 1. The monoisotopic (exact) mass is 316 g/mol. The highest BCUT2D eigenvalue weighted by Gasteiger charge is 2.24. The van der Waals surface area contributed by atoms with Gasteiger partial charge in [-0.05, 0) is 32.9 Å². The maximum absolute atomic E-state index is 11.0. The Morgan fingerprint density at radius 2 is 2.00 bits per heavy atom. The van der Waals surface area contributed by atoms with E-state index in [-0.39, 0.29) is 5.92 Å². The first-order valence-corrected chi connectivity index (χ1v) is 8.46. The number of piperidine rings is 1. The SMILES string of the molecule is Cc1ccc(-c2nc(CN3CCC(C(=O)O)CC3)cs2)cc1. The van der Waals surface area contributed by atoms with Crippen LogP contribution in [0.25, 0.3) is 10.6 Å². The molecule has 5 heteroatoms. The van der Waals surface area contributed by atoms with Gasteiger partial charge in [-0.1, -0.05) is 29.8 Å². The molecule has 3 rings (SSSR count). The van der Waals surface area contributed by atoms with Crippen molar-refractivity contribution in [3.8, 4) is 10.6 Å². The van der Waals surface area contributed by atoms with E-state index in [4.69, 9.17) is 10.1 Å². The van der Waals surface area contributed by atoms with Gasteiger partial charge in [0.15, 0.2) is 0 Å². The van der Waals surface area contributed by atoms with Crippen molar-refractivity contribution in [3.05, 3.63) is 40.9 Å². The smallest absolute Gasteiger partial charge is 0.306 e. The van der Waals surface area contributed by atoms with Gasteiger partial charge in [-0.2, -0.15) is 0 Å². The molecule has 1 N–H and O–H groups in total. The summed E-state index contributed by atoms with van der Waals surface area (Å²) in [4.78, 5) is 18.0. The Morgan fingerprint density at radius 1 is 1.32 bits per heavy atom. The summed E-state index contributed by atoms with van der Waals surface area (Å²) < 4.78 is 0. The average molecular weight is 316 g/mol. The van der Waals surface area contributed by atoms with Crippen molar-refractivity contribution in [2.45, 2.75) is 26.3 Å². The lowest BCUT2D eigenvalue weighted by Gasteiger charge is -2.29. The van der Waals surface area contributed by atoms with Crippen molar-refractivity contribution in [2.75, 3.05) is 13.1 Å². The molecule has 2 aromatic rings. The van der Waals surface area contributed by atoms with Crippen LogP contribution in [0.15, 0.2) is 29.6 Å². The number of benzene rings is 1. The highest BCUT2D eigenvalue weighted by Crippen LogP contribution is 2.25. The van der Waals surface area contributed by atoms with E-state index in [9.17, 15) is 4.79 Å². The molecule has 0 saturated carbocycles. The van der Waals surface area contributed by atoms with Crippen LogP contribution in [-0.2, 0) is 11.3 Å². The number of nitrogens with zero attached hydrogens (tertiary/aromatic N) is 2. The Labute approximate surface area is 134 Å². The molecule has 0 radical (unpaired) electrons. The molecule has 0 aliphatic carbocycles. The summed E-state index contributed by atoms with van der Waals surface area (Å²) >= 11 is 1.67. The van der Waals surface area contributed by atoms with E-state index in [1.54, 1.807) is 11.3 Å². The Hall–Kier alpha value is -1.72. The van der Waals surface area contributed by atoms with Crippen molar-refractivity contribution >= 4 is 17.3 Å². The Bertz CT molecular complexity index is 643. The summed E-state index contributed by atoms with van der Waals surface area (Å²) in [6.07, 6.45) is 1.48. The van der Waals surface area contributed by atoms with Crippen molar-refractivity contribution in [2.24, 2.45) is 5.92 Å². The Kier molecular flexibility index (Phi) is 4.55. The minimum Gasteiger partial charge on any atom is -0.481 e. The molecule has 1 aliphatic rings. The van der Waals surface area contributed by atoms with Gasteiger partial charge in [0.1, 0.15) is 5.01 Å². The molecule has 1 saturated heterocycles. The second-order valence-electron chi connectivity index (χ2n) is 5.90. The zero-order valence-corrected chi connectivity index (χ0v) is 13.5. The summed E-state index contributed by atoms with van der Waals surface area (Å²) in [6, 6.07) is 8.42. The van der Waals surface area contributed by atoms with Crippen LogP contribution in [0.3, 0.4) is 0 Å². The van der Waals surface area contributed by atoms with Crippen molar-refractivity contribution in [3.63, 3.8) is 0 Å². The summed E-state index contributed by atoms with van der Waals surface area (Å²) in [6.45, 7) is 4.58. The number of carboxylic acids is 1. The van der Waals surface area contributed by atoms with Gasteiger partial charge < -0.3 is 5.11 Å². The van der Waals surface area contributed by atoms with E-state index in [0.717, 1.165) is 48.7 Å². The molecule has 0 amide bonds. The third-order valence-electron chi connectivity index (χ3n) is 4.17. The first-order chi connectivity index (χ1) is 10.6. The van der Waals surface area contributed by atoms with Crippen LogP contribution in [0.5, 0.6) is 0 Å². The van der Waals surface area contributed by atoms with Crippen LogP contribution in [-0.4, -0.2) is 34.0 Å². The number of aliphatic carboxylic acids is 1. The summed E-state index contributed by atoms with van der Waals surface area (Å²) in [7, 11) is 0. The number of rotatable bonds is 4. The lowest BCUT2D eigenvalue weighted by atomic mass is 9.97. The molecule has 0 bridgehead atoms. The first kappa shape index (κ1) is 15.2. The van der Waals surface area contributed by atoms with Crippen LogP contribution < -0.4 is 0 Å². The number of hydrogen-bond acceptors (Lipinski definition) is 4. The highest BCUT2D eigenvalue weighted by atomic mass is 32.1. The zero-order valence-electron chi connectivity index (χ0n) is 12.7. The number of carboxylic acid groups (broad SMARTS) is 1. The average Bonchev–Trinajstić information content (AvgIpc) is 2.97. The largest absolute Gasteiger partial charge is 0.481 e. The number of thiazole rings is 1. The van der Waals surface area contributed by atoms with E-state index < -0.39 is 5.97 Å². The van der Waals surface area contributed by atoms with Gasteiger partial charge in [-0.15, -0.1) is 11.3 Å². The number of aromatic nitrogens is 1. The van der Waals surface area contributed by atoms with Gasteiger partial charge in [0.2, 0.25) is 0 Å². The molecule has 1 aliphatic heterocycles. The molecule has 0 atom stereocenters. The van der Waals surface area contributed by atoms with Gasteiger partial charge in [0, 0.05) is 17.5 Å². The third kappa shape index (κ3) is 3.54. The molecule has 1 aromatic heterocycles. The van der Waals surface area contributed by atoms with Gasteiger partial charge in [0.25, 0.3) is 0 Å². The molecule has 4 nitrogen and oxygen atoms in total. The van der Waals surface area contributed by atoms with Gasteiger partial charge in [-0.25, -0.2) is 4.98 Å². The van der Waals surface area contributed by atoms with Crippen LogP contribution in [0.2, 0.25) is 0 Å². The molecule has 1 fully saturated rings. The van der Waals surface area contributed by atoms with Crippen LogP contribution in [0.1, 0.15) is 24.1 Å². The predicted molar refractivity (Wildman–Crippen MR) is 87.9 cm³/mol.